The van der Waals surface area contributed by atoms with E-state index in [9.17, 15) is 14.9 Å². The van der Waals surface area contributed by atoms with Crippen LogP contribution in [0, 0.1) is 10.1 Å². The van der Waals surface area contributed by atoms with E-state index >= 15 is 0 Å². The average molecular weight is 451 g/mol. The number of esters is 1. The topological polar surface area (TPSA) is 100 Å². The molecule has 0 aromatic heterocycles. The lowest BCUT2D eigenvalue weighted by Crippen LogP contribution is -2.06. The van der Waals surface area contributed by atoms with E-state index in [1.807, 2.05) is 6.92 Å². The molecule has 0 amide bonds. The van der Waals surface area contributed by atoms with E-state index in [4.69, 9.17) is 37.4 Å². The van der Waals surface area contributed by atoms with Crippen molar-refractivity contribution in [3.05, 3.63) is 67.3 Å². The smallest absolute Gasteiger partial charge is 0.363 e. The number of rotatable bonds is 7. The number of hydrogen-bond donors (Lipinski definition) is 0. The Morgan fingerprint density at radius 3 is 2.63 bits per heavy atom. The number of halogens is 2. The molecule has 1 aliphatic heterocycles. The molecule has 0 unspecified atom stereocenters. The third-order valence-electron chi connectivity index (χ3n) is 4.02. The van der Waals surface area contributed by atoms with Crippen molar-refractivity contribution in [2.45, 2.75) is 13.3 Å². The van der Waals surface area contributed by atoms with Crippen LogP contribution in [0.25, 0.3) is 6.08 Å². The van der Waals surface area contributed by atoms with Crippen molar-refractivity contribution in [3.8, 4) is 11.5 Å². The van der Waals surface area contributed by atoms with Crippen LogP contribution in [0.2, 0.25) is 10.0 Å². The number of benzene rings is 2. The summed E-state index contributed by atoms with van der Waals surface area (Å²) in [5, 5.41) is 11.2. The van der Waals surface area contributed by atoms with Crippen molar-refractivity contribution in [2.24, 2.45) is 4.99 Å². The van der Waals surface area contributed by atoms with Gasteiger partial charge in [0, 0.05) is 12.1 Å². The van der Waals surface area contributed by atoms with Gasteiger partial charge >= 0.3 is 5.97 Å². The Morgan fingerprint density at radius 2 is 2.00 bits per heavy atom. The van der Waals surface area contributed by atoms with Gasteiger partial charge in [-0.05, 0) is 36.3 Å². The van der Waals surface area contributed by atoms with E-state index in [1.54, 1.807) is 12.1 Å². The van der Waals surface area contributed by atoms with Gasteiger partial charge in [-0.15, -0.1) is 0 Å². The van der Waals surface area contributed by atoms with Gasteiger partial charge in [0.15, 0.2) is 17.2 Å². The molecular weight excluding hydrogens is 435 g/mol. The largest absolute Gasteiger partial charge is 0.493 e. The number of carbonyl (C=O) groups excluding carboxylic acids is 1. The summed E-state index contributed by atoms with van der Waals surface area (Å²) in [4.78, 5) is 26.7. The molecule has 0 spiro atoms. The van der Waals surface area contributed by atoms with Crippen molar-refractivity contribution in [1.82, 2.24) is 0 Å². The molecule has 0 atom stereocenters. The van der Waals surface area contributed by atoms with Crippen LogP contribution in [-0.2, 0) is 9.53 Å². The van der Waals surface area contributed by atoms with Crippen LogP contribution in [0.4, 0.5) is 5.69 Å². The first-order chi connectivity index (χ1) is 14.3. The van der Waals surface area contributed by atoms with Crippen LogP contribution in [-0.4, -0.2) is 30.5 Å². The van der Waals surface area contributed by atoms with E-state index in [0.29, 0.717) is 28.7 Å². The first-order valence-electron chi connectivity index (χ1n) is 8.81. The lowest BCUT2D eigenvalue weighted by atomic mass is 10.1. The van der Waals surface area contributed by atoms with Crippen LogP contribution < -0.4 is 9.47 Å². The number of nitrogens with zero attached hydrogens (tertiary/aromatic N) is 2. The molecule has 10 heteroatoms. The Labute approximate surface area is 181 Å². The number of carbonyl (C=O) groups is 1. The van der Waals surface area contributed by atoms with E-state index in [0.717, 1.165) is 12.5 Å². The third kappa shape index (κ3) is 4.55. The molecule has 8 nitrogen and oxygen atoms in total. The van der Waals surface area contributed by atoms with Gasteiger partial charge in [-0.1, -0.05) is 30.1 Å². The van der Waals surface area contributed by atoms with Crippen LogP contribution >= 0.6 is 23.2 Å². The Morgan fingerprint density at radius 1 is 1.23 bits per heavy atom. The normalized spacial score (nSPS) is 14.5. The fourth-order valence-electron chi connectivity index (χ4n) is 2.64. The minimum Gasteiger partial charge on any atom is -0.493 e. The number of hydrogen-bond acceptors (Lipinski definition) is 7. The molecule has 0 bridgehead atoms. The second kappa shape index (κ2) is 9.15. The highest BCUT2D eigenvalue weighted by atomic mass is 35.5. The molecule has 2 aromatic carbocycles. The molecule has 0 aliphatic carbocycles. The van der Waals surface area contributed by atoms with Gasteiger partial charge in [-0.25, -0.2) is 9.79 Å². The van der Waals surface area contributed by atoms with Gasteiger partial charge in [-0.2, -0.15) is 0 Å². The van der Waals surface area contributed by atoms with Crippen molar-refractivity contribution >= 4 is 46.8 Å². The standard InChI is InChI=1S/C20H16Cl2N2O6/c1-3-6-29-18-15(22)7-11(9-17(18)28-2)8-16-20(25)30-19(23-16)13-5-4-12(24(26)27)10-14(13)21/h4-5,7-10H,3,6H2,1-2H3/b16-8+. The molecule has 3 rings (SSSR count). The highest BCUT2D eigenvalue weighted by Gasteiger charge is 2.27. The molecule has 0 N–H and O–H groups in total. The fourth-order valence-corrected chi connectivity index (χ4v) is 3.17. The summed E-state index contributed by atoms with van der Waals surface area (Å²) in [6.07, 6.45) is 2.28. The predicted octanol–water partition coefficient (Wildman–Crippen LogP) is 5.04. The maximum Gasteiger partial charge on any atom is 0.363 e. The summed E-state index contributed by atoms with van der Waals surface area (Å²) in [5.74, 6) is 0.0868. The molecule has 0 saturated heterocycles. The van der Waals surface area contributed by atoms with E-state index < -0.39 is 10.9 Å². The molecule has 0 radical (unpaired) electrons. The second-order valence-corrected chi connectivity index (χ2v) is 6.95. The van der Waals surface area contributed by atoms with Gasteiger partial charge in [0.25, 0.3) is 5.69 Å². The van der Waals surface area contributed by atoms with Crippen molar-refractivity contribution in [2.75, 3.05) is 13.7 Å². The van der Waals surface area contributed by atoms with E-state index in [1.165, 1.54) is 25.3 Å². The highest BCUT2D eigenvalue weighted by molar-refractivity contribution is 6.35. The zero-order valence-corrected chi connectivity index (χ0v) is 17.5. The quantitative estimate of drug-likeness (QED) is 0.253. The van der Waals surface area contributed by atoms with Gasteiger partial charge < -0.3 is 14.2 Å². The Balaban J connectivity index is 1.94. The Hall–Kier alpha value is -3.10. The van der Waals surface area contributed by atoms with Crippen molar-refractivity contribution in [1.29, 1.82) is 0 Å². The summed E-state index contributed by atoms with van der Waals surface area (Å²) in [6, 6.07) is 7.05. The zero-order chi connectivity index (χ0) is 21.8. The average Bonchev–Trinajstić information content (AvgIpc) is 3.06. The number of nitro benzene ring substituents is 1. The van der Waals surface area contributed by atoms with Gasteiger partial charge in [0.2, 0.25) is 5.90 Å². The minimum atomic E-state index is -0.694. The lowest BCUT2D eigenvalue weighted by Gasteiger charge is -2.12. The Kier molecular flexibility index (Phi) is 6.59. The predicted molar refractivity (Wildman–Crippen MR) is 113 cm³/mol. The fraction of sp³-hybridized carbons (Fsp3) is 0.200. The molecule has 30 heavy (non-hydrogen) atoms. The van der Waals surface area contributed by atoms with E-state index in [-0.39, 0.29) is 27.9 Å². The summed E-state index contributed by atoms with van der Waals surface area (Å²) in [5.41, 5.74) is 0.640. The van der Waals surface area contributed by atoms with Gasteiger partial charge in [0.05, 0.1) is 34.2 Å². The molecule has 0 fully saturated rings. The number of aliphatic imine (C=N–C) groups is 1. The molecular formula is C20H16Cl2N2O6. The monoisotopic (exact) mass is 450 g/mol. The second-order valence-electron chi connectivity index (χ2n) is 6.14. The lowest BCUT2D eigenvalue weighted by molar-refractivity contribution is -0.384. The van der Waals surface area contributed by atoms with E-state index in [2.05, 4.69) is 4.99 Å². The number of methoxy groups -OCH3 is 1. The third-order valence-corrected chi connectivity index (χ3v) is 4.61. The van der Waals surface area contributed by atoms with Crippen LogP contribution in [0.15, 0.2) is 41.0 Å². The van der Waals surface area contributed by atoms with Crippen LogP contribution in [0.1, 0.15) is 24.5 Å². The molecule has 1 aliphatic rings. The highest BCUT2D eigenvalue weighted by Crippen LogP contribution is 2.37. The maximum absolute atomic E-state index is 12.3. The Bertz CT molecular complexity index is 1080. The van der Waals surface area contributed by atoms with Crippen molar-refractivity contribution in [3.63, 3.8) is 0 Å². The molecule has 0 saturated carbocycles. The molecule has 1 heterocycles. The summed E-state index contributed by atoms with van der Waals surface area (Å²) in [6.45, 7) is 2.45. The first kappa shape index (κ1) is 21.6. The summed E-state index contributed by atoms with van der Waals surface area (Å²) in [7, 11) is 1.48. The summed E-state index contributed by atoms with van der Waals surface area (Å²) >= 11 is 12.4. The number of non-ortho nitro benzene ring substituents is 1. The summed E-state index contributed by atoms with van der Waals surface area (Å²) < 4.78 is 16.1. The molecule has 2 aromatic rings. The first-order valence-corrected chi connectivity index (χ1v) is 9.56. The van der Waals surface area contributed by atoms with Crippen molar-refractivity contribution < 1.29 is 23.9 Å². The van der Waals surface area contributed by atoms with Crippen LogP contribution in [0.5, 0.6) is 11.5 Å². The minimum absolute atomic E-state index is 0.0137. The molecule has 156 valence electrons. The van der Waals surface area contributed by atoms with Crippen LogP contribution in [0.3, 0.4) is 0 Å². The van der Waals surface area contributed by atoms with Gasteiger partial charge in [0.1, 0.15) is 0 Å². The zero-order valence-electron chi connectivity index (χ0n) is 16.0. The maximum atomic E-state index is 12.3. The number of nitro groups is 1. The van der Waals surface area contributed by atoms with Gasteiger partial charge in [-0.3, -0.25) is 10.1 Å². The number of ether oxygens (including phenoxy) is 3. The SMILES string of the molecule is CCCOc1c(Cl)cc(/C=C2/N=C(c3ccc([N+](=O)[O-])cc3Cl)OC2=O)cc1OC. The number of cyclic esters (lactones) is 1.